The summed E-state index contributed by atoms with van der Waals surface area (Å²) >= 11 is 0. The first-order valence-electron chi connectivity index (χ1n) is 9.74. The van der Waals surface area contributed by atoms with Gasteiger partial charge in [-0.3, -0.25) is 4.79 Å². The van der Waals surface area contributed by atoms with E-state index in [1.807, 2.05) is 24.3 Å². The number of hydrogen-bond donors (Lipinski definition) is 3. The summed E-state index contributed by atoms with van der Waals surface area (Å²) < 4.78 is 5.16. The number of carbonyl (C=O) groups is 1. The zero-order valence-corrected chi connectivity index (χ0v) is 16.0. The van der Waals surface area contributed by atoms with Crippen LogP contribution in [-0.2, 0) is 6.54 Å². The third kappa shape index (κ3) is 4.20. The second-order valence-corrected chi connectivity index (χ2v) is 7.43. The van der Waals surface area contributed by atoms with Gasteiger partial charge in [-0.1, -0.05) is 12.1 Å². The van der Waals surface area contributed by atoms with Crippen molar-refractivity contribution in [3.8, 4) is 11.5 Å². The number of hydrogen-bond acceptors (Lipinski definition) is 6. The van der Waals surface area contributed by atoms with Crippen molar-refractivity contribution in [2.45, 2.75) is 37.9 Å². The third-order valence-electron chi connectivity index (χ3n) is 5.32. The number of aromatic hydroxyl groups is 1. The number of benzene rings is 1. The molecule has 1 amide bonds. The van der Waals surface area contributed by atoms with Gasteiger partial charge in [0.15, 0.2) is 11.5 Å². The molecule has 1 atom stereocenters. The second kappa shape index (κ2) is 8.06. The van der Waals surface area contributed by atoms with Crippen molar-refractivity contribution in [1.29, 1.82) is 0 Å². The Bertz CT molecular complexity index is 836. The highest BCUT2D eigenvalue weighted by molar-refractivity contribution is 5.94. The predicted molar refractivity (Wildman–Crippen MR) is 107 cm³/mol. The standard InChI is InChI=1S/C21H26N4O3/c1-28-18-4-2-3-14(20(18)26)11-22-17-9-10-25(13-17)19-8-5-15(12-23-19)21(27)24-16-6-7-16/h2-5,8,12,16-17,22,26H,6-7,9-11,13H2,1H3,(H,24,27)/t17-/m1/s1. The van der Waals surface area contributed by atoms with Crippen LogP contribution in [-0.4, -0.2) is 48.3 Å². The van der Waals surface area contributed by atoms with E-state index in [1.165, 1.54) is 0 Å². The number of methoxy groups -OCH3 is 1. The van der Waals surface area contributed by atoms with Crippen molar-refractivity contribution in [2.24, 2.45) is 0 Å². The Morgan fingerprint density at radius 2 is 2.11 bits per heavy atom. The normalized spacial score (nSPS) is 18.9. The van der Waals surface area contributed by atoms with E-state index in [4.69, 9.17) is 4.74 Å². The zero-order chi connectivity index (χ0) is 19.5. The molecule has 0 spiro atoms. The number of nitrogens with zero attached hydrogens (tertiary/aromatic N) is 2. The van der Waals surface area contributed by atoms with E-state index < -0.39 is 0 Å². The average Bonchev–Trinajstić information content (AvgIpc) is 3.40. The minimum Gasteiger partial charge on any atom is -0.504 e. The number of phenolic OH excluding ortho intramolecular Hbond substituents is 1. The molecule has 1 aromatic carbocycles. The SMILES string of the molecule is COc1cccc(CN[C@@H]2CCN(c3ccc(C(=O)NC4CC4)cn3)C2)c1O. The van der Waals surface area contributed by atoms with E-state index in [-0.39, 0.29) is 11.7 Å². The molecule has 28 heavy (non-hydrogen) atoms. The van der Waals surface area contributed by atoms with E-state index in [1.54, 1.807) is 19.4 Å². The van der Waals surface area contributed by atoms with E-state index in [2.05, 4.69) is 20.5 Å². The molecule has 4 rings (SSSR count). The van der Waals surface area contributed by atoms with Gasteiger partial charge in [0, 0.05) is 43.5 Å². The van der Waals surface area contributed by atoms with Gasteiger partial charge in [-0.05, 0) is 37.5 Å². The number of phenols is 1. The molecular weight excluding hydrogens is 356 g/mol. The van der Waals surface area contributed by atoms with Crippen LogP contribution in [0.5, 0.6) is 11.5 Å². The third-order valence-corrected chi connectivity index (χ3v) is 5.32. The van der Waals surface area contributed by atoms with Gasteiger partial charge in [-0.2, -0.15) is 0 Å². The molecule has 1 aliphatic carbocycles. The highest BCUT2D eigenvalue weighted by Crippen LogP contribution is 2.29. The highest BCUT2D eigenvalue weighted by atomic mass is 16.5. The van der Waals surface area contributed by atoms with Gasteiger partial charge >= 0.3 is 0 Å². The molecular formula is C21H26N4O3. The Labute approximate surface area is 164 Å². The molecule has 1 saturated heterocycles. The molecule has 2 heterocycles. The number of pyridine rings is 1. The first-order valence-corrected chi connectivity index (χ1v) is 9.74. The molecule has 1 saturated carbocycles. The average molecular weight is 382 g/mol. The fourth-order valence-corrected chi connectivity index (χ4v) is 3.47. The van der Waals surface area contributed by atoms with Crippen LogP contribution in [0.15, 0.2) is 36.5 Å². The number of nitrogens with one attached hydrogen (secondary N) is 2. The fourth-order valence-electron chi connectivity index (χ4n) is 3.47. The Morgan fingerprint density at radius 3 is 2.82 bits per heavy atom. The van der Waals surface area contributed by atoms with Crippen LogP contribution in [0.4, 0.5) is 5.82 Å². The summed E-state index contributed by atoms with van der Waals surface area (Å²) in [5.41, 5.74) is 1.43. The van der Waals surface area contributed by atoms with Crippen molar-refractivity contribution >= 4 is 11.7 Å². The van der Waals surface area contributed by atoms with Gasteiger partial charge in [0.2, 0.25) is 0 Å². The lowest BCUT2D eigenvalue weighted by Crippen LogP contribution is -2.32. The van der Waals surface area contributed by atoms with Gasteiger partial charge in [-0.15, -0.1) is 0 Å². The first kappa shape index (κ1) is 18.6. The molecule has 0 bridgehead atoms. The van der Waals surface area contributed by atoms with Crippen molar-refractivity contribution in [1.82, 2.24) is 15.6 Å². The summed E-state index contributed by atoms with van der Waals surface area (Å²) in [5, 5.41) is 16.7. The molecule has 0 unspecified atom stereocenters. The number of amides is 1. The van der Waals surface area contributed by atoms with Crippen LogP contribution in [0, 0.1) is 0 Å². The van der Waals surface area contributed by atoms with Gasteiger partial charge in [0.1, 0.15) is 5.82 Å². The molecule has 148 valence electrons. The van der Waals surface area contributed by atoms with Crippen molar-refractivity contribution in [3.05, 3.63) is 47.7 Å². The topological polar surface area (TPSA) is 86.7 Å². The van der Waals surface area contributed by atoms with Crippen molar-refractivity contribution in [2.75, 3.05) is 25.1 Å². The van der Waals surface area contributed by atoms with Gasteiger partial charge in [0.05, 0.1) is 12.7 Å². The largest absolute Gasteiger partial charge is 0.504 e. The molecule has 3 N–H and O–H groups in total. The second-order valence-electron chi connectivity index (χ2n) is 7.43. The predicted octanol–water partition coefficient (Wildman–Crippen LogP) is 2.06. The number of carbonyl (C=O) groups excluding carboxylic acids is 1. The first-order chi connectivity index (χ1) is 13.6. The summed E-state index contributed by atoms with van der Waals surface area (Å²) in [6.07, 6.45) is 4.80. The molecule has 7 heteroatoms. The van der Waals surface area contributed by atoms with Gasteiger partial charge in [0.25, 0.3) is 5.91 Å². The number of para-hydroxylation sites is 1. The van der Waals surface area contributed by atoms with Crippen LogP contribution >= 0.6 is 0 Å². The van der Waals surface area contributed by atoms with E-state index in [0.29, 0.717) is 29.9 Å². The lowest BCUT2D eigenvalue weighted by molar-refractivity contribution is 0.0950. The number of anilines is 1. The van der Waals surface area contributed by atoms with Crippen molar-refractivity contribution < 1.29 is 14.6 Å². The Balaban J connectivity index is 1.31. The minimum atomic E-state index is -0.0411. The quantitative estimate of drug-likeness (QED) is 0.680. The molecule has 1 aliphatic heterocycles. The van der Waals surface area contributed by atoms with Crippen LogP contribution in [0.25, 0.3) is 0 Å². The van der Waals surface area contributed by atoms with Gasteiger partial charge < -0.3 is 25.4 Å². The van der Waals surface area contributed by atoms with Crippen LogP contribution in [0.1, 0.15) is 35.2 Å². The highest BCUT2D eigenvalue weighted by Gasteiger charge is 2.25. The van der Waals surface area contributed by atoms with E-state index >= 15 is 0 Å². The maximum atomic E-state index is 12.1. The minimum absolute atomic E-state index is 0.0411. The van der Waals surface area contributed by atoms with Gasteiger partial charge in [-0.25, -0.2) is 4.98 Å². The lowest BCUT2D eigenvalue weighted by Gasteiger charge is -2.18. The lowest BCUT2D eigenvalue weighted by atomic mass is 10.1. The van der Waals surface area contributed by atoms with Crippen LogP contribution < -0.4 is 20.3 Å². The summed E-state index contributed by atoms with van der Waals surface area (Å²) in [7, 11) is 1.55. The Hall–Kier alpha value is -2.80. The molecule has 1 aromatic heterocycles. The van der Waals surface area contributed by atoms with E-state index in [0.717, 1.165) is 43.7 Å². The van der Waals surface area contributed by atoms with E-state index in [9.17, 15) is 9.90 Å². The summed E-state index contributed by atoms with van der Waals surface area (Å²) in [6.45, 7) is 2.32. The summed E-state index contributed by atoms with van der Waals surface area (Å²) in [6, 6.07) is 9.93. The van der Waals surface area contributed by atoms with Crippen LogP contribution in [0.3, 0.4) is 0 Å². The zero-order valence-electron chi connectivity index (χ0n) is 16.0. The maximum Gasteiger partial charge on any atom is 0.253 e. The Morgan fingerprint density at radius 1 is 1.25 bits per heavy atom. The molecule has 7 nitrogen and oxygen atoms in total. The number of aromatic nitrogens is 1. The van der Waals surface area contributed by atoms with Crippen molar-refractivity contribution in [3.63, 3.8) is 0 Å². The molecule has 2 aromatic rings. The smallest absolute Gasteiger partial charge is 0.253 e. The fraction of sp³-hybridized carbons (Fsp3) is 0.429. The molecule has 2 aliphatic rings. The molecule has 2 fully saturated rings. The Kier molecular flexibility index (Phi) is 5.34. The number of ether oxygens (including phenoxy) is 1. The maximum absolute atomic E-state index is 12.1. The summed E-state index contributed by atoms with van der Waals surface area (Å²) in [4.78, 5) is 18.8. The summed E-state index contributed by atoms with van der Waals surface area (Å²) in [5.74, 6) is 1.52. The molecule has 0 radical (unpaired) electrons. The monoisotopic (exact) mass is 382 g/mol. The number of rotatable bonds is 7. The van der Waals surface area contributed by atoms with Crippen LogP contribution in [0.2, 0.25) is 0 Å².